The molecule has 0 aliphatic carbocycles. The number of amides is 1. The van der Waals surface area contributed by atoms with E-state index in [4.69, 9.17) is 9.47 Å². The minimum absolute atomic E-state index is 0.000314. The normalized spacial score (nSPS) is 20.9. The van der Waals surface area contributed by atoms with Gasteiger partial charge in [0.1, 0.15) is 11.4 Å². The van der Waals surface area contributed by atoms with Crippen molar-refractivity contribution in [1.82, 2.24) is 20.3 Å². The minimum Gasteiger partial charge on any atom is -0.497 e. The zero-order chi connectivity index (χ0) is 19.9. The van der Waals surface area contributed by atoms with Crippen LogP contribution in [0.2, 0.25) is 0 Å². The van der Waals surface area contributed by atoms with Crippen LogP contribution in [-0.2, 0) is 29.1 Å². The third-order valence-electron chi connectivity index (χ3n) is 4.98. The average Bonchev–Trinajstić information content (AvgIpc) is 3.12. The third kappa shape index (κ3) is 5.79. The van der Waals surface area contributed by atoms with E-state index in [2.05, 4.69) is 29.5 Å². The summed E-state index contributed by atoms with van der Waals surface area (Å²) in [7, 11) is 1.65. The number of ether oxygens (including phenoxy) is 2. The van der Waals surface area contributed by atoms with E-state index < -0.39 is 0 Å². The van der Waals surface area contributed by atoms with Crippen molar-refractivity contribution in [3.8, 4) is 5.75 Å². The molecule has 2 bridgehead atoms. The zero-order valence-electron chi connectivity index (χ0n) is 16.9. The number of methoxy groups -OCH3 is 1. The molecule has 7 heteroatoms. The van der Waals surface area contributed by atoms with Crippen LogP contribution in [0.5, 0.6) is 5.75 Å². The highest BCUT2D eigenvalue weighted by molar-refractivity contribution is 5.79. The molecular formula is C21H30N4O3. The Hall–Kier alpha value is -2.41. The summed E-state index contributed by atoms with van der Waals surface area (Å²) in [4.78, 5) is 13.1. The van der Waals surface area contributed by atoms with E-state index in [1.165, 1.54) is 0 Å². The summed E-state index contributed by atoms with van der Waals surface area (Å²) in [5.41, 5.74) is 1.94. The SMILES string of the molecule is COc1ccc(C[C@H]2CCn3cc(nn3)COC[C@H](CC(C)C)NC2=O)cc1. The van der Waals surface area contributed by atoms with E-state index in [1.54, 1.807) is 11.8 Å². The molecule has 0 saturated carbocycles. The number of carbonyl (C=O) groups is 1. The van der Waals surface area contributed by atoms with E-state index >= 15 is 0 Å². The minimum atomic E-state index is -0.143. The van der Waals surface area contributed by atoms with Crippen molar-refractivity contribution in [3.05, 3.63) is 41.7 Å². The van der Waals surface area contributed by atoms with E-state index in [0.29, 0.717) is 38.5 Å². The number of benzene rings is 1. The molecule has 7 nitrogen and oxygen atoms in total. The van der Waals surface area contributed by atoms with Gasteiger partial charge in [-0.05, 0) is 42.9 Å². The van der Waals surface area contributed by atoms with Crippen LogP contribution in [0.3, 0.4) is 0 Å². The Bertz CT molecular complexity index is 757. The first-order valence-electron chi connectivity index (χ1n) is 9.93. The fraction of sp³-hybridized carbons (Fsp3) is 0.571. The van der Waals surface area contributed by atoms with Gasteiger partial charge in [-0.1, -0.05) is 31.2 Å². The van der Waals surface area contributed by atoms with Crippen LogP contribution in [0.1, 0.15) is 37.9 Å². The molecule has 0 radical (unpaired) electrons. The number of aromatic nitrogens is 3. The fourth-order valence-corrected chi connectivity index (χ4v) is 3.54. The predicted octanol–water partition coefficient (Wildman–Crippen LogP) is 2.60. The predicted molar refractivity (Wildman–Crippen MR) is 106 cm³/mol. The van der Waals surface area contributed by atoms with Gasteiger partial charge in [0.25, 0.3) is 0 Å². The molecule has 1 aromatic heterocycles. The number of carbonyl (C=O) groups excluding carboxylic acids is 1. The smallest absolute Gasteiger partial charge is 0.223 e. The molecule has 152 valence electrons. The van der Waals surface area contributed by atoms with Crippen molar-refractivity contribution in [3.63, 3.8) is 0 Å². The summed E-state index contributed by atoms with van der Waals surface area (Å²) in [6.07, 6.45) is 4.16. The highest BCUT2D eigenvalue weighted by Crippen LogP contribution is 2.19. The Labute approximate surface area is 166 Å². The highest BCUT2D eigenvalue weighted by Gasteiger charge is 2.24. The lowest BCUT2D eigenvalue weighted by Crippen LogP contribution is -2.43. The molecule has 1 aromatic carbocycles. The first-order valence-corrected chi connectivity index (χ1v) is 9.93. The van der Waals surface area contributed by atoms with Crippen LogP contribution in [0.4, 0.5) is 0 Å². The molecule has 2 aromatic rings. The van der Waals surface area contributed by atoms with Crippen molar-refractivity contribution in [1.29, 1.82) is 0 Å². The van der Waals surface area contributed by atoms with Gasteiger partial charge < -0.3 is 14.8 Å². The average molecular weight is 386 g/mol. The Morgan fingerprint density at radius 3 is 2.82 bits per heavy atom. The molecule has 1 aliphatic rings. The Morgan fingerprint density at radius 1 is 1.32 bits per heavy atom. The number of fused-ring (bicyclic) bond motifs is 2. The molecule has 1 aliphatic heterocycles. The quantitative estimate of drug-likeness (QED) is 0.855. The van der Waals surface area contributed by atoms with Crippen LogP contribution < -0.4 is 10.1 Å². The Balaban J connectivity index is 1.76. The summed E-state index contributed by atoms with van der Waals surface area (Å²) >= 11 is 0. The van der Waals surface area contributed by atoms with Gasteiger partial charge in [0, 0.05) is 12.5 Å². The second kappa shape index (κ2) is 9.68. The Morgan fingerprint density at radius 2 is 2.11 bits per heavy atom. The molecule has 0 fully saturated rings. The standard InChI is InChI=1S/C21H30N4O3/c1-15(2)10-18-13-28-14-19-12-25(24-23-19)9-8-17(21(26)22-18)11-16-4-6-20(27-3)7-5-16/h4-7,12,15,17-18H,8-11,13-14H2,1-3H3,(H,22,26)/t17-,18+/m1/s1. The molecule has 1 amide bonds. The molecule has 3 rings (SSSR count). The molecule has 2 heterocycles. The zero-order valence-corrected chi connectivity index (χ0v) is 16.9. The molecule has 0 spiro atoms. The van der Waals surface area contributed by atoms with E-state index in [0.717, 1.165) is 23.4 Å². The number of nitrogens with zero attached hydrogens (tertiary/aromatic N) is 3. The molecular weight excluding hydrogens is 356 g/mol. The number of rotatable bonds is 5. The lowest BCUT2D eigenvalue weighted by Gasteiger charge is -2.24. The maximum atomic E-state index is 13.1. The maximum absolute atomic E-state index is 13.1. The van der Waals surface area contributed by atoms with E-state index in [1.807, 2.05) is 30.5 Å². The van der Waals surface area contributed by atoms with Crippen LogP contribution in [0.25, 0.3) is 0 Å². The number of hydrogen-bond donors (Lipinski definition) is 1. The van der Waals surface area contributed by atoms with Gasteiger partial charge in [-0.15, -0.1) is 5.10 Å². The van der Waals surface area contributed by atoms with Gasteiger partial charge in [-0.25, -0.2) is 0 Å². The molecule has 28 heavy (non-hydrogen) atoms. The third-order valence-corrected chi connectivity index (χ3v) is 4.98. The maximum Gasteiger partial charge on any atom is 0.223 e. The fourth-order valence-electron chi connectivity index (χ4n) is 3.54. The van der Waals surface area contributed by atoms with E-state index in [9.17, 15) is 4.79 Å². The van der Waals surface area contributed by atoms with Gasteiger partial charge in [0.2, 0.25) is 5.91 Å². The van der Waals surface area contributed by atoms with Gasteiger partial charge in [0.05, 0.1) is 32.6 Å². The second-order valence-corrected chi connectivity index (χ2v) is 7.86. The summed E-state index contributed by atoms with van der Waals surface area (Å²) < 4.78 is 12.8. The largest absolute Gasteiger partial charge is 0.497 e. The van der Waals surface area contributed by atoms with Crippen molar-refractivity contribution in [2.75, 3.05) is 13.7 Å². The summed E-state index contributed by atoms with van der Waals surface area (Å²) in [6.45, 7) is 5.85. The van der Waals surface area contributed by atoms with Gasteiger partial charge in [-0.2, -0.15) is 0 Å². The lowest BCUT2D eigenvalue weighted by atomic mass is 9.94. The van der Waals surface area contributed by atoms with Crippen LogP contribution in [-0.4, -0.2) is 40.7 Å². The van der Waals surface area contributed by atoms with Crippen LogP contribution in [0.15, 0.2) is 30.5 Å². The van der Waals surface area contributed by atoms with Crippen molar-refractivity contribution in [2.24, 2.45) is 11.8 Å². The van der Waals surface area contributed by atoms with Crippen molar-refractivity contribution >= 4 is 5.91 Å². The molecule has 0 unspecified atom stereocenters. The first kappa shape index (κ1) is 20.3. The monoisotopic (exact) mass is 386 g/mol. The summed E-state index contributed by atoms with van der Waals surface area (Å²) in [5.74, 6) is 1.22. The van der Waals surface area contributed by atoms with E-state index in [-0.39, 0.29) is 17.9 Å². The van der Waals surface area contributed by atoms with Crippen LogP contribution in [0, 0.1) is 11.8 Å². The summed E-state index contributed by atoms with van der Waals surface area (Å²) in [6, 6.07) is 7.90. The Kier molecular flexibility index (Phi) is 7.03. The molecule has 1 N–H and O–H groups in total. The number of nitrogens with one attached hydrogen (secondary N) is 1. The summed E-state index contributed by atoms with van der Waals surface area (Å²) in [5, 5.41) is 11.5. The van der Waals surface area contributed by atoms with Crippen molar-refractivity contribution < 1.29 is 14.3 Å². The molecule has 2 atom stereocenters. The van der Waals surface area contributed by atoms with Gasteiger partial charge in [0.15, 0.2) is 0 Å². The molecule has 0 saturated heterocycles. The number of hydrogen-bond acceptors (Lipinski definition) is 5. The van der Waals surface area contributed by atoms with Crippen molar-refractivity contribution in [2.45, 2.75) is 52.3 Å². The number of aryl methyl sites for hydroxylation is 1. The van der Waals surface area contributed by atoms with Gasteiger partial charge in [-0.3, -0.25) is 9.48 Å². The first-order chi connectivity index (χ1) is 13.5. The van der Waals surface area contributed by atoms with Crippen LogP contribution >= 0.6 is 0 Å². The lowest BCUT2D eigenvalue weighted by molar-refractivity contribution is -0.126. The highest BCUT2D eigenvalue weighted by atomic mass is 16.5. The second-order valence-electron chi connectivity index (χ2n) is 7.86. The topological polar surface area (TPSA) is 78.3 Å². The van der Waals surface area contributed by atoms with Gasteiger partial charge >= 0.3 is 0 Å².